The van der Waals surface area contributed by atoms with E-state index in [2.05, 4.69) is 183 Å². The van der Waals surface area contributed by atoms with E-state index in [1.54, 1.807) is 0 Å². The zero-order chi connectivity index (χ0) is 34.8. The van der Waals surface area contributed by atoms with Crippen molar-refractivity contribution in [3.8, 4) is 67.3 Å². The van der Waals surface area contributed by atoms with Crippen molar-refractivity contribution in [2.75, 3.05) is 0 Å². The number of aromatic nitrogens is 2. The predicted molar refractivity (Wildman–Crippen MR) is 224 cm³/mol. The van der Waals surface area contributed by atoms with Crippen LogP contribution in [0.4, 0.5) is 0 Å². The standard InChI is InChI=1S/C48H34N2SSi/c1-52(2)43-24-9-7-20-41(43)45-47(52)44(33-13-4-3-5-14-33)49-48(50-45)37-18-11-17-36(30-37)35-16-10-15-34(29-35)31-25-27-32(28-26-31)38-21-12-22-40-39-19-6-8-23-42(39)51-46(38)40/h3-30H,1-2H3. The fourth-order valence-corrected chi connectivity index (χ4v) is 12.6. The summed E-state index contributed by atoms with van der Waals surface area (Å²) in [5, 5.41) is 5.43. The molecule has 10 rings (SSSR count). The van der Waals surface area contributed by atoms with Gasteiger partial charge in [0.1, 0.15) is 8.07 Å². The summed E-state index contributed by atoms with van der Waals surface area (Å²) < 4.78 is 2.68. The number of thiophene rings is 1. The maximum Gasteiger partial charge on any atom is 0.160 e. The van der Waals surface area contributed by atoms with Gasteiger partial charge >= 0.3 is 0 Å². The summed E-state index contributed by atoms with van der Waals surface area (Å²) in [5.74, 6) is 0.765. The van der Waals surface area contributed by atoms with Crippen molar-refractivity contribution in [1.82, 2.24) is 9.97 Å². The summed E-state index contributed by atoms with van der Waals surface area (Å²) in [7, 11) is -2.00. The summed E-state index contributed by atoms with van der Waals surface area (Å²) in [4.78, 5) is 10.7. The highest BCUT2D eigenvalue weighted by molar-refractivity contribution is 7.26. The average molecular weight is 699 g/mol. The van der Waals surface area contributed by atoms with Gasteiger partial charge in [0.25, 0.3) is 0 Å². The van der Waals surface area contributed by atoms with E-state index in [1.165, 1.54) is 63.9 Å². The molecule has 0 atom stereocenters. The summed E-state index contributed by atoms with van der Waals surface area (Å²) in [5.41, 5.74) is 12.8. The van der Waals surface area contributed by atoms with Crippen molar-refractivity contribution < 1.29 is 0 Å². The van der Waals surface area contributed by atoms with E-state index >= 15 is 0 Å². The zero-order valence-corrected chi connectivity index (χ0v) is 30.8. The molecule has 0 amide bonds. The van der Waals surface area contributed by atoms with Gasteiger partial charge in [0, 0.05) is 31.3 Å². The first-order valence-electron chi connectivity index (χ1n) is 17.8. The van der Waals surface area contributed by atoms with E-state index in [9.17, 15) is 0 Å². The third-order valence-electron chi connectivity index (χ3n) is 10.7. The van der Waals surface area contributed by atoms with Crippen LogP contribution in [-0.4, -0.2) is 18.0 Å². The fraction of sp³-hybridized carbons (Fsp3) is 0.0417. The first-order valence-corrected chi connectivity index (χ1v) is 21.6. The van der Waals surface area contributed by atoms with Gasteiger partial charge < -0.3 is 0 Å². The van der Waals surface area contributed by atoms with Gasteiger partial charge in [-0.2, -0.15) is 0 Å². The third kappa shape index (κ3) is 4.98. The second-order valence-corrected chi connectivity index (χ2v) is 19.5. The smallest absolute Gasteiger partial charge is 0.160 e. The molecular weight excluding hydrogens is 665 g/mol. The van der Waals surface area contributed by atoms with Crippen LogP contribution in [0.25, 0.3) is 87.5 Å². The van der Waals surface area contributed by atoms with Crippen LogP contribution in [0.5, 0.6) is 0 Å². The Labute approximate surface area is 308 Å². The molecule has 0 spiro atoms. The van der Waals surface area contributed by atoms with Crippen LogP contribution < -0.4 is 10.4 Å². The second-order valence-electron chi connectivity index (χ2n) is 14.2. The first kappa shape index (κ1) is 30.8. The fourth-order valence-electron chi connectivity index (χ4n) is 8.08. The number of benzene rings is 7. The lowest BCUT2D eigenvalue weighted by atomic mass is 9.96. The molecule has 1 aliphatic rings. The maximum absolute atomic E-state index is 5.35. The van der Waals surface area contributed by atoms with E-state index in [0.717, 1.165) is 33.9 Å². The number of hydrogen-bond donors (Lipinski definition) is 0. The van der Waals surface area contributed by atoms with Gasteiger partial charge in [0.2, 0.25) is 0 Å². The largest absolute Gasteiger partial charge is 0.228 e. The highest BCUT2D eigenvalue weighted by Crippen LogP contribution is 2.40. The van der Waals surface area contributed by atoms with E-state index < -0.39 is 8.07 Å². The minimum atomic E-state index is -2.00. The molecule has 0 saturated heterocycles. The molecule has 0 saturated carbocycles. The molecule has 4 heteroatoms. The molecule has 0 radical (unpaired) electrons. The normalized spacial score (nSPS) is 13.0. The SMILES string of the molecule is C[Si]1(C)c2ccccc2-c2nc(-c3cccc(-c4cccc(-c5ccc(-c6cccc7c6sc6ccccc67)cc5)c4)c3)nc(-c3ccccc3)c21. The number of fused-ring (bicyclic) bond motifs is 6. The van der Waals surface area contributed by atoms with Crippen LogP contribution in [0.3, 0.4) is 0 Å². The van der Waals surface area contributed by atoms with Crippen molar-refractivity contribution in [2.45, 2.75) is 13.1 Å². The molecule has 2 nitrogen and oxygen atoms in total. The van der Waals surface area contributed by atoms with E-state index in [1.807, 2.05) is 11.3 Å². The molecule has 7 aromatic carbocycles. The molecule has 52 heavy (non-hydrogen) atoms. The van der Waals surface area contributed by atoms with Crippen LogP contribution in [0, 0.1) is 0 Å². The Morgan fingerprint density at radius 1 is 0.423 bits per heavy atom. The Hall–Kier alpha value is -5.94. The first-order chi connectivity index (χ1) is 25.5. The van der Waals surface area contributed by atoms with Gasteiger partial charge in [-0.05, 0) is 67.5 Å². The van der Waals surface area contributed by atoms with Crippen LogP contribution in [0.15, 0.2) is 170 Å². The minimum absolute atomic E-state index is 0.765. The number of rotatable bonds is 5. The lowest BCUT2D eigenvalue weighted by Crippen LogP contribution is -2.50. The van der Waals surface area contributed by atoms with Gasteiger partial charge in [0.15, 0.2) is 5.82 Å². The molecule has 246 valence electrons. The van der Waals surface area contributed by atoms with E-state index in [-0.39, 0.29) is 0 Å². The molecule has 0 unspecified atom stereocenters. The van der Waals surface area contributed by atoms with Gasteiger partial charge in [0.05, 0.1) is 11.4 Å². The number of nitrogens with zero attached hydrogens (tertiary/aromatic N) is 2. The van der Waals surface area contributed by atoms with E-state index in [0.29, 0.717) is 0 Å². The van der Waals surface area contributed by atoms with E-state index in [4.69, 9.17) is 9.97 Å². The molecular formula is C48H34N2SSi. The average Bonchev–Trinajstić information content (AvgIpc) is 3.70. The van der Waals surface area contributed by atoms with Crippen LogP contribution >= 0.6 is 11.3 Å². The molecule has 0 aliphatic carbocycles. The second kappa shape index (κ2) is 12.1. The van der Waals surface area contributed by atoms with Gasteiger partial charge in [-0.25, -0.2) is 9.97 Å². The molecule has 9 aromatic rings. The Morgan fingerprint density at radius 2 is 0.981 bits per heavy atom. The topological polar surface area (TPSA) is 25.8 Å². The summed E-state index contributed by atoms with van der Waals surface area (Å²) in [6.07, 6.45) is 0. The van der Waals surface area contributed by atoms with Crippen molar-refractivity contribution in [2.24, 2.45) is 0 Å². The van der Waals surface area contributed by atoms with Gasteiger partial charge in [-0.1, -0.05) is 165 Å². The molecule has 0 fully saturated rings. The van der Waals surface area contributed by atoms with Crippen LogP contribution in [0.2, 0.25) is 13.1 Å². The molecule has 2 aromatic heterocycles. The number of hydrogen-bond acceptors (Lipinski definition) is 3. The third-order valence-corrected chi connectivity index (χ3v) is 15.4. The van der Waals surface area contributed by atoms with Crippen LogP contribution in [0.1, 0.15) is 0 Å². The summed E-state index contributed by atoms with van der Waals surface area (Å²) >= 11 is 1.88. The van der Waals surface area contributed by atoms with Gasteiger partial charge in [-0.15, -0.1) is 11.3 Å². The van der Waals surface area contributed by atoms with Crippen molar-refractivity contribution in [1.29, 1.82) is 0 Å². The Kier molecular flexibility index (Phi) is 7.17. The lowest BCUT2D eigenvalue weighted by Gasteiger charge is -2.21. The Balaban J connectivity index is 1.02. The molecule has 1 aliphatic heterocycles. The minimum Gasteiger partial charge on any atom is -0.228 e. The van der Waals surface area contributed by atoms with Crippen LogP contribution in [-0.2, 0) is 0 Å². The van der Waals surface area contributed by atoms with Crippen molar-refractivity contribution in [3.05, 3.63) is 170 Å². The van der Waals surface area contributed by atoms with Crippen molar-refractivity contribution >= 4 is 50.0 Å². The van der Waals surface area contributed by atoms with Gasteiger partial charge in [-0.3, -0.25) is 0 Å². The molecule has 0 N–H and O–H groups in total. The summed E-state index contributed by atoms with van der Waals surface area (Å²) in [6.45, 7) is 4.86. The maximum atomic E-state index is 5.35. The summed E-state index contributed by atoms with van der Waals surface area (Å²) in [6, 6.07) is 61.4. The Bertz CT molecular complexity index is 2820. The Morgan fingerprint density at radius 3 is 1.79 bits per heavy atom. The highest BCUT2D eigenvalue weighted by Gasteiger charge is 2.41. The lowest BCUT2D eigenvalue weighted by molar-refractivity contribution is 1.20. The molecule has 3 heterocycles. The monoisotopic (exact) mass is 698 g/mol. The van der Waals surface area contributed by atoms with Crippen molar-refractivity contribution in [3.63, 3.8) is 0 Å². The highest BCUT2D eigenvalue weighted by atomic mass is 32.1. The predicted octanol–water partition coefficient (Wildman–Crippen LogP) is 12.0. The zero-order valence-electron chi connectivity index (χ0n) is 29.0. The quantitative estimate of drug-likeness (QED) is 0.167. The molecule has 0 bridgehead atoms.